The fourth-order valence-corrected chi connectivity index (χ4v) is 7.01. The summed E-state index contributed by atoms with van der Waals surface area (Å²) >= 11 is 0. The van der Waals surface area contributed by atoms with E-state index in [1.807, 2.05) is 19.9 Å². The van der Waals surface area contributed by atoms with Crippen LogP contribution < -0.4 is 16.0 Å². The van der Waals surface area contributed by atoms with E-state index in [1.165, 1.54) is 38.9 Å². The van der Waals surface area contributed by atoms with Gasteiger partial charge in [-0.05, 0) is 75.9 Å². The Labute approximate surface area is 262 Å². The fraction of sp³-hybridized carbons (Fsp3) is 0.286. The van der Waals surface area contributed by atoms with E-state index in [-0.39, 0.29) is 17.5 Å². The summed E-state index contributed by atoms with van der Waals surface area (Å²) in [5.74, 6) is -1.31. The van der Waals surface area contributed by atoms with Crippen molar-refractivity contribution in [2.45, 2.75) is 57.0 Å². The average molecular weight is 628 g/mol. The van der Waals surface area contributed by atoms with Crippen LogP contribution >= 0.6 is 0 Å². The van der Waals surface area contributed by atoms with Crippen molar-refractivity contribution in [3.63, 3.8) is 0 Å². The molecule has 1 aliphatic carbocycles. The van der Waals surface area contributed by atoms with Crippen molar-refractivity contribution >= 4 is 48.9 Å². The molecular formula is C35H37N3O6S. The summed E-state index contributed by atoms with van der Waals surface area (Å²) in [7, 11) is -4.66. The monoisotopic (exact) mass is 627 g/mol. The molecule has 45 heavy (non-hydrogen) atoms. The maximum absolute atomic E-state index is 13.7. The van der Waals surface area contributed by atoms with Crippen molar-refractivity contribution < 1.29 is 27.3 Å². The molecule has 0 radical (unpaired) electrons. The number of aryl methyl sites for hydroxylation is 1. The van der Waals surface area contributed by atoms with Gasteiger partial charge < -0.3 is 20.2 Å². The number of aromatic hydroxyl groups is 1. The number of hydrogen-bond donors (Lipinski definition) is 5. The quantitative estimate of drug-likeness (QED) is 0.0648. The Bertz CT molecular complexity index is 1960. The number of fused-ring (bicyclic) bond motifs is 5. The Morgan fingerprint density at radius 3 is 2.47 bits per heavy atom. The van der Waals surface area contributed by atoms with Crippen molar-refractivity contribution in [3.05, 3.63) is 102 Å². The molecule has 4 aromatic carbocycles. The molecular weight excluding hydrogens is 590 g/mol. The minimum Gasteiger partial charge on any atom is -0.479 e. The molecule has 0 spiro atoms. The van der Waals surface area contributed by atoms with Gasteiger partial charge >= 0.3 is 5.95 Å². The maximum Gasteiger partial charge on any atom is 0.306 e. The second kappa shape index (κ2) is 12.5. The predicted octanol–water partition coefficient (Wildman–Crippen LogP) is 6.79. The predicted molar refractivity (Wildman–Crippen MR) is 177 cm³/mol. The van der Waals surface area contributed by atoms with Crippen LogP contribution in [0.15, 0.2) is 89.5 Å². The number of carbonyl (C=O) groups excluding carboxylic acids is 1. The maximum atomic E-state index is 13.7. The van der Waals surface area contributed by atoms with E-state index in [2.05, 4.69) is 58.4 Å². The number of rotatable bonds is 10. The van der Waals surface area contributed by atoms with Gasteiger partial charge in [0.15, 0.2) is 0 Å². The molecule has 5 N–H and O–H groups in total. The highest BCUT2D eigenvalue weighted by atomic mass is 32.2. The summed E-state index contributed by atoms with van der Waals surface area (Å²) in [6, 6.07) is 24.6. The Hall–Kier alpha value is -4.38. The van der Waals surface area contributed by atoms with Gasteiger partial charge in [0.05, 0.1) is 6.04 Å². The van der Waals surface area contributed by atoms with Gasteiger partial charge in [0.1, 0.15) is 12.0 Å². The first-order valence-electron chi connectivity index (χ1n) is 15.2. The fourth-order valence-electron chi connectivity index (χ4n) is 6.41. The lowest BCUT2D eigenvalue weighted by atomic mass is 9.78. The number of amides is 1. The van der Waals surface area contributed by atoms with Gasteiger partial charge in [-0.15, -0.1) is 0 Å². The van der Waals surface area contributed by atoms with Crippen molar-refractivity contribution in [3.8, 4) is 5.95 Å². The van der Waals surface area contributed by atoms with Crippen molar-refractivity contribution in [1.82, 2.24) is 5.32 Å². The minimum atomic E-state index is -4.66. The molecule has 1 aliphatic rings. The molecule has 0 fully saturated rings. The summed E-state index contributed by atoms with van der Waals surface area (Å²) in [6.07, 6.45) is 4.35. The number of carbonyl (C=O) groups is 1. The summed E-state index contributed by atoms with van der Waals surface area (Å²) < 4.78 is 40.1. The van der Waals surface area contributed by atoms with E-state index in [9.17, 15) is 22.9 Å². The Kier molecular flexibility index (Phi) is 8.54. The molecule has 3 unspecified atom stereocenters. The van der Waals surface area contributed by atoms with Crippen LogP contribution in [0.3, 0.4) is 0 Å². The van der Waals surface area contributed by atoms with Crippen LogP contribution in [-0.4, -0.2) is 35.5 Å². The van der Waals surface area contributed by atoms with Crippen molar-refractivity contribution in [2.75, 3.05) is 10.6 Å². The molecule has 1 aromatic heterocycles. The van der Waals surface area contributed by atoms with Crippen LogP contribution in [0.2, 0.25) is 0 Å². The third-order valence-electron chi connectivity index (χ3n) is 9.03. The molecule has 9 nitrogen and oxygen atoms in total. The Balaban J connectivity index is 1.24. The van der Waals surface area contributed by atoms with Crippen molar-refractivity contribution in [1.29, 1.82) is 0 Å². The first-order chi connectivity index (χ1) is 21.6. The minimum absolute atomic E-state index is 0.0179. The highest BCUT2D eigenvalue weighted by Gasteiger charge is 2.34. The zero-order chi connectivity index (χ0) is 31.7. The van der Waals surface area contributed by atoms with E-state index in [0.717, 1.165) is 12.8 Å². The van der Waals surface area contributed by atoms with E-state index < -0.39 is 33.5 Å². The molecule has 0 aliphatic heterocycles. The van der Waals surface area contributed by atoms with Gasteiger partial charge in [0.2, 0.25) is 11.4 Å². The zero-order valence-electron chi connectivity index (χ0n) is 25.2. The van der Waals surface area contributed by atoms with Gasteiger partial charge in [-0.25, -0.2) is 0 Å². The first-order valence-corrected chi connectivity index (χ1v) is 16.7. The molecule has 4 atom stereocenters. The lowest BCUT2D eigenvalue weighted by Gasteiger charge is -2.29. The molecule has 10 heteroatoms. The van der Waals surface area contributed by atoms with Gasteiger partial charge in [0, 0.05) is 11.3 Å². The van der Waals surface area contributed by atoms with Crippen LogP contribution in [0.25, 0.3) is 21.5 Å². The van der Waals surface area contributed by atoms with E-state index in [4.69, 9.17) is 4.42 Å². The largest absolute Gasteiger partial charge is 0.479 e. The molecule has 6 rings (SSSR count). The van der Waals surface area contributed by atoms with Gasteiger partial charge in [-0.1, -0.05) is 87.0 Å². The van der Waals surface area contributed by atoms with Crippen LogP contribution in [0, 0.1) is 5.92 Å². The van der Waals surface area contributed by atoms with E-state index in [1.54, 1.807) is 30.3 Å². The lowest BCUT2D eigenvalue weighted by molar-refractivity contribution is -0.119. The van der Waals surface area contributed by atoms with Gasteiger partial charge in [-0.2, -0.15) is 8.42 Å². The molecule has 1 amide bonds. The summed E-state index contributed by atoms with van der Waals surface area (Å²) in [4.78, 5) is 13.7. The number of nitrogens with one attached hydrogen (secondary N) is 3. The highest BCUT2D eigenvalue weighted by Crippen LogP contribution is 2.43. The number of anilines is 2. The third kappa shape index (κ3) is 6.26. The molecule has 5 aromatic rings. The Morgan fingerprint density at radius 2 is 1.71 bits per heavy atom. The second-order valence-corrected chi connectivity index (χ2v) is 13.3. The van der Waals surface area contributed by atoms with Crippen LogP contribution in [0.1, 0.15) is 49.3 Å². The first kappa shape index (κ1) is 30.6. The third-order valence-corrected chi connectivity index (χ3v) is 9.88. The highest BCUT2D eigenvalue weighted by molar-refractivity contribution is 7.86. The van der Waals surface area contributed by atoms with Crippen LogP contribution in [0.5, 0.6) is 5.95 Å². The Morgan fingerprint density at radius 1 is 0.978 bits per heavy atom. The molecule has 234 valence electrons. The lowest BCUT2D eigenvalue weighted by Crippen LogP contribution is -2.54. The molecule has 0 bridgehead atoms. The standard InChI is InChI=1S/C35H37N3O6S/c1-3-21(2)31(38-35(45(41,42)43)36-25-10-5-4-6-11-25)33(39)37-32-30(20-44-34(32)40)24-14-16-27-23(19-24)15-18-28-26-12-8-7-9-22(26)13-17-29(27)28/h4-13,15,17-18,20-21,24,31,35-36,38,40H,3,14,16,19H2,1-2H3,(H,37,39)(H,41,42,43)/t21?,24?,31-,35?/m0/s1. The zero-order valence-corrected chi connectivity index (χ0v) is 26.0. The second-order valence-electron chi connectivity index (χ2n) is 11.8. The van der Waals surface area contributed by atoms with Crippen LogP contribution in [-0.2, 0) is 27.8 Å². The van der Waals surface area contributed by atoms with Gasteiger partial charge in [-0.3, -0.25) is 14.7 Å². The van der Waals surface area contributed by atoms with Crippen molar-refractivity contribution in [2.24, 2.45) is 5.92 Å². The molecule has 1 heterocycles. The smallest absolute Gasteiger partial charge is 0.306 e. The van der Waals surface area contributed by atoms with Gasteiger partial charge in [0.25, 0.3) is 10.1 Å². The normalized spacial score (nSPS) is 17.0. The van der Waals surface area contributed by atoms with E-state index in [0.29, 0.717) is 24.1 Å². The number of benzene rings is 4. The number of para-hydroxylation sites is 1. The number of hydrogen-bond acceptors (Lipinski definition) is 7. The van der Waals surface area contributed by atoms with Crippen LogP contribution in [0.4, 0.5) is 11.4 Å². The summed E-state index contributed by atoms with van der Waals surface area (Å²) in [5.41, 5.74) is 2.19. The molecule has 0 saturated carbocycles. The topological polar surface area (TPSA) is 141 Å². The molecule has 0 saturated heterocycles. The average Bonchev–Trinajstić information content (AvgIpc) is 3.41. The number of furan rings is 1. The summed E-state index contributed by atoms with van der Waals surface area (Å²) in [6.45, 7) is 3.69. The summed E-state index contributed by atoms with van der Waals surface area (Å²) in [5, 5.41) is 23.9. The van der Waals surface area contributed by atoms with E-state index >= 15 is 0 Å². The SMILES string of the molecule is CCC(C)[C@H](NC(Nc1ccccc1)S(=O)(=O)O)C(=O)Nc1c(C2CCc3c(ccc4c3ccc3ccccc34)C2)coc1O.